The van der Waals surface area contributed by atoms with Gasteiger partial charge in [-0.3, -0.25) is 9.69 Å². The topological polar surface area (TPSA) is 45.2 Å². The molecule has 0 fully saturated rings. The summed E-state index contributed by atoms with van der Waals surface area (Å²) in [5, 5.41) is 5.33. The first-order valence-electron chi connectivity index (χ1n) is 6.18. The molecule has 106 valence electrons. The van der Waals surface area contributed by atoms with Crippen LogP contribution in [-0.4, -0.2) is 22.8 Å². The second-order valence-corrected chi connectivity index (χ2v) is 6.30. The van der Waals surface area contributed by atoms with Crippen molar-refractivity contribution in [3.05, 3.63) is 45.4 Å². The Morgan fingerprint density at radius 2 is 2.15 bits per heavy atom. The lowest BCUT2D eigenvalue weighted by Crippen LogP contribution is -2.17. The SMILES string of the molecule is CC(=O)Nc1nc(CN(C)Cc2ccccc2Br)cs1. The van der Waals surface area contributed by atoms with Crippen molar-refractivity contribution >= 4 is 38.3 Å². The molecule has 2 aromatic rings. The van der Waals surface area contributed by atoms with Gasteiger partial charge < -0.3 is 5.32 Å². The van der Waals surface area contributed by atoms with Crippen LogP contribution >= 0.6 is 27.3 Å². The molecular weight excluding hydrogens is 338 g/mol. The number of rotatable bonds is 5. The van der Waals surface area contributed by atoms with Gasteiger partial charge in [-0.2, -0.15) is 0 Å². The average Bonchev–Trinajstić information content (AvgIpc) is 2.78. The molecule has 0 radical (unpaired) electrons. The summed E-state index contributed by atoms with van der Waals surface area (Å²) in [6, 6.07) is 8.19. The molecule has 0 saturated heterocycles. The maximum atomic E-state index is 11.0. The number of hydrogen-bond donors (Lipinski definition) is 1. The Bertz CT molecular complexity index is 600. The molecule has 1 aromatic carbocycles. The van der Waals surface area contributed by atoms with E-state index in [-0.39, 0.29) is 5.91 Å². The Kier molecular flexibility index (Phi) is 5.28. The zero-order chi connectivity index (χ0) is 14.5. The van der Waals surface area contributed by atoms with E-state index in [9.17, 15) is 4.79 Å². The van der Waals surface area contributed by atoms with Gasteiger partial charge >= 0.3 is 0 Å². The second kappa shape index (κ2) is 6.97. The number of nitrogens with zero attached hydrogens (tertiary/aromatic N) is 2. The van der Waals surface area contributed by atoms with Gasteiger partial charge in [0.1, 0.15) is 0 Å². The molecule has 1 amide bonds. The van der Waals surface area contributed by atoms with Crippen LogP contribution in [0, 0.1) is 0 Å². The molecule has 0 atom stereocenters. The number of anilines is 1. The molecule has 20 heavy (non-hydrogen) atoms. The fourth-order valence-corrected chi connectivity index (χ4v) is 3.00. The largest absolute Gasteiger partial charge is 0.302 e. The zero-order valence-corrected chi connectivity index (χ0v) is 13.8. The maximum Gasteiger partial charge on any atom is 0.223 e. The molecule has 2 rings (SSSR count). The number of benzene rings is 1. The highest BCUT2D eigenvalue weighted by Gasteiger charge is 2.08. The Morgan fingerprint density at radius 1 is 1.40 bits per heavy atom. The third kappa shape index (κ3) is 4.40. The number of amides is 1. The second-order valence-electron chi connectivity index (χ2n) is 4.59. The number of halogens is 1. The minimum Gasteiger partial charge on any atom is -0.302 e. The van der Waals surface area contributed by atoms with Gasteiger partial charge in [-0.1, -0.05) is 34.1 Å². The van der Waals surface area contributed by atoms with Crippen LogP contribution in [-0.2, 0) is 17.9 Å². The van der Waals surface area contributed by atoms with E-state index < -0.39 is 0 Å². The van der Waals surface area contributed by atoms with Crippen molar-refractivity contribution in [3.63, 3.8) is 0 Å². The van der Waals surface area contributed by atoms with E-state index in [0.717, 1.165) is 23.3 Å². The van der Waals surface area contributed by atoms with E-state index in [1.807, 2.05) is 23.6 Å². The number of hydrogen-bond acceptors (Lipinski definition) is 4. The summed E-state index contributed by atoms with van der Waals surface area (Å²) in [4.78, 5) is 17.5. The minimum absolute atomic E-state index is 0.0903. The first kappa shape index (κ1) is 15.2. The molecule has 0 unspecified atom stereocenters. The Balaban J connectivity index is 1.94. The fraction of sp³-hybridized carbons (Fsp3) is 0.286. The Labute approximate surface area is 131 Å². The fourth-order valence-electron chi connectivity index (χ4n) is 1.84. The summed E-state index contributed by atoms with van der Waals surface area (Å²) >= 11 is 5.00. The smallest absolute Gasteiger partial charge is 0.223 e. The number of carbonyl (C=O) groups excluding carboxylic acids is 1. The predicted octanol–water partition coefficient (Wildman–Crippen LogP) is 3.50. The first-order valence-corrected chi connectivity index (χ1v) is 7.86. The summed E-state index contributed by atoms with van der Waals surface area (Å²) in [5.74, 6) is -0.0903. The van der Waals surface area contributed by atoms with Gasteiger partial charge in [-0.15, -0.1) is 11.3 Å². The zero-order valence-electron chi connectivity index (χ0n) is 11.4. The number of nitrogens with one attached hydrogen (secondary N) is 1. The molecule has 0 aliphatic rings. The van der Waals surface area contributed by atoms with Crippen LogP contribution in [0.2, 0.25) is 0 Å². The van der Waals surface area contributed by atoms with Crippen molar-refractivity contribution in [2.24, 2.45) is 0 Å². The molecule has 4 nitrogen and oxygen atoms in total. The van der Waals surface area contributed by atoms with E-state index in [0.29, 0.717) is 5.13 Å². The summed E-state index contributed by atoms with van der Waals surface area (Å²) in [5.41, 5.74) is 2.21. The van der Waals surface area contributed by atoms with Crippen LogP contribution in [0.1, 0.15) is 18.2 Å². The molecule has 0 spiro atoms. The predicted molar refractivity (Wildman–Crippen MR) is 85.7 cm³/mol. The lowest BCUT2D eigenvalue weighted by molar-refractivity contribution is -0.114. The van der Waals surface area contributed by atoms with E-state index >= 15 is 0 Å². The summed E-state index contributed by atoms with van der Waals surface area (Å²) < 4.78 is 1.11. The Hall–Kier alpha value is -1.24. The summed E-state index contributed by atoms with van der Waals surface area (Å²) in [6.07, 6.45) is 0. The molecule has 0 aliphatic carbocycles. The van der Waals surface area contributed by atoms with Gasteiger partial charge in [-0.05, 0) is 18.7 Å². The third-order valence-corrected chi connectivity index (χ3v) is 4.24. The van der Waals surface area contributed by atoms with Gasteiger partial charge in [0.05, 0.1) is 5.69 Å². The highest BCUT2D eigenvalue weighted by molar-refractivity contribution is 9.10. The lowest BCUT2D eigenvalue weighted by Gasteiger charge is -2.16. The maximum absolute atomic E-state index is 11.0. The molecule has 0 saturated carbocycles. The standard InChI is InChI=1S/C14H16BrN3OS/c1-10(19)16-14-17-12(9-20-14)8-18(2)7-11-5-3-4-6-13(11)15/h3-6,9H,7-8H2,1-2H3,(H,16,17,19). The Morgan fingerprint density at radius 3 is 2.85 bits per heavy atom. The van der Waals surface area contributed by atoms with Crippen molar-refractivity contribution in [1.82, 2.24) is 9.88 Å². The average molecular weight is 354 g/mol. The third-order valence-electron chi connectivity index (χ3n) is 2.66. The van der Waals surface area contributed by atoms with Crippen molar-refractivity contribution in [2.45, 2.75) is 20.0 Å². The number of thiazole rings is 1. The monoisotopic (exact) mass is 353 g/mol. The van der Waals surface area contributed by atoms with Gasteiger partial charge in [0.25, 0.3) is 0 Å². The summed E-state index contributed by atoms with van der Waals surface area (Å²) in [7, 11) is 2.05. The minimum atomic E-state index is -0.0903. The van der Waals surface area contributed by atoms with E-state index in [1.165, 1.54) is 23.8 Å². The molecule has 1 aromatic heterocycles. The lowest BCUT2D eigenvalue weighted by atomic mass is 10.2. The van der Waals surface area contributed by atoms with Crippen LogP contribution in [0.4, 0.5) is 5.13 Å². The van der Waals surface area contributed by atoms with Gasteiger partial charge in [0.2, 0.25) is 5.91 Å². The molecule has 0 bridgehead atoms. The van der Waals surface area contributed by atoms with E-state index in [1.54, 1.807) is 0 Å². The van der Waals surface area contributed by atoms with Crippen LogP contribution < -0.4 is 5.32 Å². The van der Waals surface area contributed by atoms with Gasteiger partial charge in [0.15, 0.2) is 5.13 Å². The summed E-state index contributed by atoms with van der Waals surface area (Å²) in [6.45, 7) is 3.08. The number of aromatic nitrogens is 1. The molecule has 6 heteroatoms. The highest BCUT2D eigenvalue weighted by atomic mass is 79.9. The van der Waals surface area contributed by atoms with Gasteiger partial charge in [0, 0.05) is 29.9 Å². The van der Waals surface area contributed by atoms with Crippen LogP contribution in [0.3, 0.4) is 0 Å². The van der Waals surface area contributed by atoms with E-state index in [4.69, 9.17) is 0 Å². The van der Waals surface area contributed by atoms with Crippen molar-refractivity contribution in [3.8, 4) is 0 Å². The molecular formula is C14H16BrN3OS. The van der Waals surface area contributed by atoms with Crippen molar-refractivity contribution in [2.75, 3.05) is 12.4 Å². The van der Waals surface area contributed by atoms with Gasteiger partial charge in [-0.25, -0.2) is 4.98 Å². The normalized spacial score (nSPS) is 10.8. The van der Waals surface area contributed by atoms with Crippen molar-refractivity contribution in [1.29, 1.82) is 0 Å². The molecule has 0 aliphatic heterocycles. The van der Waals surface area contributed by atoms with Crippen molar-refractivity contribution < 1.29 is 4.79 Å². The highest BCUT2D eigenvalue weighted by Crippen LogP contribution is 2.20. The molecule has 1 N–H and O–H groups in total. The van der Waals surface area contributed by atoms with Crippen LogP contribution in [0.5, 0.6) is 0 Å². The molecule has 1 heterocycles. The quantitative estimate of drug-likeness (QED) is 0.894. The number of carbonyl (C=O) groups is 1. The van der Waals surface area contributed by atoms with Crippen LogP contribution in [0.25, 0.3) is 0 Å². The first-order chi connectivity index (χ1) is 9.54. The van der Waals surface area contributed by atoms with E-state index in [2.05, 4.69) is 44.2 Å². The van der Waals surface area contributed by atoms with Crippen LogP contribution in [0.15, 0.2) is 34.1 Å².